The van der Waals surface area contributed by atoms with E-state index in [4.69, 9.17) is 11.5 Å². The van der Waals surface area contributed by atoms with E-state index >= 15 is 0 Å². The third kappa shape index (κ3) is 2.99. The number of rotatable bonds is 3. The summed E-state index contributed by atoms with van der Waals surface area (Å²) in [6.07, 6.45) is 0.871. The fourth-order valence-electron chi connectivity index (χ4n) is 5.67. The number of nitrogens with two attached hydrogens (primary N) is 2. The van der Waals surface area contributed by atoms with E-state index in [-0.39, 0.29) is 28.8 Å². The Kier molecular flexibility index (Phi) is 5.04. The molecule has 3 aliphatic carbocycles. The molecule has 4 rings (SSSR count). The van der Waals surface area contributed by atoms with Gasteiger partial charge in [0.1, 0.15) is 17.1 Å². The van der Waals surface area contributed by atoms with Gasteiger partial charge in [0.05, 0.1) is 12.0 Å². The van der Waals surface area contributed by atoms with Gasteiger partial charge in [-0.25, -0.2) is 0 Å². The van der Waals surface area contributed by atoms with Crippen molar-refractivity contribution in [3.8, 4) is 0 Å². The number of likely N-dealkylation sites (N-methyl/N-ethyl adjacent to an activating group) is 1. The Morgan fingerprint density at radius 2 is 1.75 bits per heavy atom. The quantitative estimate of drug-likeness (QED) is 0.401. The summed E-state index contributed by atoms with van der Waals surface area (Å²) in [4.78, 5) is 42.2. The summed E-state index contributed by atoms with van der Waals surface area (Å²) in [6, 6.07) is 2.71. The molecule has 0 bridgehead atoms. The van der Waals surface area contributed by atoms with Crippen molar-refractivity contribution >= 4 is 28.8 Å². The molecule has 1 aromatic rings. The second-order valence-corrected chi connectivity index (χ2v) is 9.26. The van der Waals surface area contributed by atoms with Gasteiger partial charge in [0.15, 0.2) is 11.6 Å². The van der Waals surface area contributed by atoms with Crippen LogP contribution in [-0.4, -0.2) is 66.8 Å². The van der Waals surface area contributed by atoms with E-state index in [1.165, 1.54) is 0 Å². The highest BCUT2D eigenvalue weighted by Gasteiger charge is 2.54. The maximum atomic E-state index is 13.5. The molecular weight excluding hydrogens is 412 g/mol. The van der Waals surface area contributed by atoms with Crippen LogP contribution in [0.15, 0.2) is 34.8 Å². The molecule has 0 radical (unpaired) electrons. The predicted octanol–water partition coefficient (Wildman–Crippen LogP) is 0.948. The minimum atomic E-state index is -1.12. The van der Waals surface area contributed by atoms with Crippen LogP contribution in [0.25, 0.3) is 0 Å². The van der Waals surface area contributed by atoms with E-state index in [1.807, 2.05) is 25.1 Å². The molecule has 0 aromatic heterocycles. The van der Waals surface area contributed by atoms with Crippen molar-refractivity contribution in [3.63, 3.8) is 0 Å². The van der Waals surface area contributed by atoms with Gasteiger partial charge in [-0.15, -0.1) is 0 Å². The monoisotopic (exact) mass is 440 g/mol. The van der Waals surface area contributed by atoms with Crippen LogP contribution in [-0.2, 0) is 16.0 Å². The van der Waals surface area contributed by atoms with Crippen LogP contribution < -0.4 is 16.4 Å². The Hall–Kier alpha value is -3.33. The van der Waals surface area contributed by atoms with Crippen LogP contribution in [0.1, 0.15) is 22.3 Å². The normalized spacial score (nSPS) is 27.3. The van der Waals surface area contributed by atoms with Crippen LogP contribution in [0.5, 0.6) is 0 Å². The maximum absolute atomic E-state index is 13.5. The van der Waals surface area contributed by atoms with Gasteiger partial charge in [0.25, 0.3) is 5.91 Å². The number of nitrogens with zero attached hydrogens (tertiary/aromatic N) is 2. The molecule has 1 amide bonds. The van der Waals surface area contributed by atoms with Crippen molar-refractivity contribution in [3.05, 3.63) is 45.9 Å². The topological polar surface area (TPSA) is 150 Å². The van der Waals surface area contributed by atoms with Gasteiger partial charge in [-0.1, -0.05) is 0 Å². The van der Waals surface area contributed by atoms with E-state index < -0.39 is 35.1 Å². The van der Waals surface area contributed by atoms with Gasteiger partial charge in [-0.2, -0.15) is 0 Å². The van der Waals surface area contributed by atoms with Crippen LogP contribution in [0.3, 0.4) is 0 Å². The zero-order chi connectivity index (χ0) is 23.6. The molecule has 1 aromatic carbocycles. The number of amides is 1. The van der Waals surface area contributed by atoms with E-state index in [0.29, 0.717) is 24.1 Å². The number of primary amides is 1. The summed E-state index contributed by atoms with van der Waals surface area (Å²) in [6.45, 7) is 0. The molecule has 4 unspecified atom stereocenters. The van der Waals surface area contributed by atoms with Gasteiger partial charge in [-0.3, -0.25) is 19.3 Å². The molecule has 6 N–H and O–H groups in total. The third-order valence-corrected chi connectivity index (χ3v) is 6.91. The maximum Gasteiger partial charge on any atom is 0.255 e. The van der Waals surface area contributed by atoms with Crippen molar-refractivity contribution in [2.45, 2.75) is 18.9 Å². The number of allylic oxidation sites excluding steroid dienone is 2. The molecule has 0 spiro atoms. The molecule has 170 valence electrons. The summed E-state index contributed by atoms with van der Waals surface area (Å²) < 4.78 is 0. The number of carbonyl (C=O) groups excluding carboxylic acids is 3. The molecule has 0 heterocycles. The summed E-state index contributed by atoms with van der Waals surface area (Å²) in [5, 5.41) is 22.0. The molecule has 9 nitrogen and oxygen atoms in total. The minimum Gasteiger partial charge on any atom is -0.511 e. The first-order valence-electron chi connectivity index (χ1n) is 10.5. The molecule has 32 heavy (non-hydrogen) atoms. The lowest BCUT2D eigenvalue weighted by Gasteiger charge is -2.46. The highest BCUT2D eigenvalue weighted by atomic mass is 16.3. The zero-order valence-electron chi connectivity index (χ0n) is 18.5. The van der Waals surface area contributed by atoms with Crippen LogP contribution in [0.2, 0.25) is 0 Å². The van der Waals surface area contributed by atoms with Crippen LogP contribution >= 0.6 is 0 Å². The smallest absolute Gasteiger partial charge is 0.255 e. The number of hydrogen-bond donors (Lipinski definition) is 4. The lowest BCUT2D eigenvalue weighted by Crippen LogP contribution is -2.53. The third-order valence-electron chi connectivity index (χ3n) is 6.91. The number of carbonyl (C=O) groups is 3. The average Bonchev–Trinajstić information content (AvgIpc) is 2.67. The van der Waals surface area contributed by atoms with Gasteiger partial charge < -0.3 is 26.6 Å². The number of aliphatic hydroxyl groups is 2. The van der Waals surface area contributed by atoms with Gasteiger partial charge in [-0.05, 0) is 56.5 Å². The largest absolute Gasteiger partial charge is 0.511 e. The van der Waals surface area contributed by atoms with Crippen molar-refractivity contribution in [1.82, 2.24) is 4.90 Å². The molecule has 0 fully saturated rings. The SMILES string of the molecule is CN(C)c1cc(N)cc2c1CC1CC3C(C(=O)C(C(N)=O)=C(O)C3N(C)C)C(O)=C1C2=O. The Bertz CT molecular complexity index is 1120. The van der Waals surface area contributed by atoms with E-state index in [0.717, 1.165) is 11.3 Å². The van der Waals surface area contributed by atoms with Crippen molar-refractivity contribution in [1.29, 1.82) is 0 Å². The first kappa shape index (κ1) is 21.9. The molecule has 4 atom stereocenters. The van der Waals surface area contributed by atoms with E-state index in [2.05, 4.69) is 0 Å². The van der Waals surface area contributed by atoms with E-state index in [9.17, 15) is 24.6 Å². The highest BCUT2D eigenvalue weighted by Crippen LogP contribution is 2.50. The molecule has 9 heteroatoms. The Morgan fingerprint density at radius 1 is 1.09 bits per heavy atom. The molecule has 0 saturated carbocycles. The summed E-state index contributed by atoms with van der Waals surface area (Å²) in [7, 11) is 7.18. The van der Waals surface area contributed by atoms with E-state index in [1.54, 1.807) is 25.1 Å². The Balaban J connectivity index is 1.91. The number of aliphatic hydroxyl groups excluding tert-OH is 2. The lowest BCUT2D eigenvalue weighted by molar-refractivity contribution is -0.127. The average molecular weight is 441 g/mol. The highest BCUT2D eigenvalue weighted by molar-refractivity contribution is 6.22. The first-order chi connectivity index (χ1) is 15.0. The van der Waals surface area contributed by atoms with Crippen molar-refractivity contribution < 1.29 is 24.6 Å². The fourth-order valence-corrected chi connectivity index (χ4v) is 5.67. The second kappa shape index (κ2) is 7.37. The number of Topliss-reactive ketones (excluding diaryl/α,β-unsaturated/α-hetero) is 2. The van der Waals surface area contributed by atoms with Crippen molar-refractivity contribution in [2.24, 2.45) is 23.5 Å². The van der Waals surface area contributed by atoms with Crippen LogP contribution in [0, 0.1) is 17.8 Å². The fraction of sp³-hybridized carbons (Fsp3) is 0.435. The van der Waals surface area contributed by atoms with Gasteiger partial charge in [0, 0.05) is 36.6 Å². The number of ketones is 2. The number of fused-ring (bicyclic) bond motifs is 3. The molecule has 0 aliphatic heterocycles. The first-order valence-corrected chi connectivity index (χ1v) is 10.5. The molecule has 0 saturated heterocycles. The predicted molar refractivity (Wildman–Crippen MR) is 119 cm³/mol. The number of anilines is 2. The molecule has 3 aliphatic rings. The summed E-state index contributed by atoms with van der Waals surface area (Å²) in [5.74, 6) is -4.85. The summed E-state index contributed by atoms with van der Waals surface area (Å²) >= 11 is 0. The second-order valence-electron chi connectivity index (χ2n) is 9.26. The van der Waals surface area contributed by atoms with Gasteiger partial charge in [0.2, 0.25) is 0 Å². The van der Waals surface area contributed by atoms with Gasteiger partial charge >= 0.3 is 0 Å². The molecular formula is C23H28N4O5. The standard InChI is InChI=1S/C23H28N4O5/c1-26(2)14-8-10(24)7-12-11(14)5-9-6-13-16(20(29)15(9)19(12)28)21(30)17(23(25)32)22(31)18(13)27(3)4/h7-9,13,16,18,29,31H,5-6,24H2,1-4H3,(H2,25,32). The Morgan fingerprint density at radius 3 is 2.31 bits per heavy atom. The number of hydrogen-bond acceptors (Lipinski definition) is 8. The number of nitrogen functional groups attached to an aromatic ring is 1. The Labute approximate surface area is 186 Å². The summed E-state index contributed by atoms with van der Waals surface area (Å²) in [5.41, 5.74) is 13.6. The number of benzene rings is 1. The van der Waals surface area contributed by atoms with Crippen LogP contribution in [0.4, 0.5) is 11.4 Å². The zero-order valence-corrected chi connectivity index (χ0v) is 18.5. The minimum absolute atomic E-state index is 0.185. The van der Waals surface area contributed by atoms with Crippen molar-refractivity contribution in [2.75, 3.05) is 38.8 Å². The lowest BCUT2D eigenvalue weighted by atomic mass is 9.61.